The predicted molar refractivity (Wildman–Crippen MR) is 335 cm³/mol. The molecule has 5 rings (SSSR count). The fourth-order valence-electron chi connectivity index (χ4n) is 10.9. The standard InChI is InChI=1S/C63H86Br2ClFN6O15/c1-34(2)45(29-43(74)18-13-12-17-37(5)85-59(80)42(32-64)33-65)56(77)70-47(19-15-23-69-60(68)81)49(75)28-40-21-22-44(46(67)26-40)57(78)72(9)39(7)58(79)87-52-30-53(76)73(10)48-27-41(25-36(4)54(48)66)24-35(3)16-14-20-51(84-11)63(83)31-50(86-61(82)71-63)38(6)55-62(52,8)88-55/h14,16,20-22,25-27,34,37-39,42,45,47,50-52,55,83H,12-13,15,17-19,23-24,28-33H2,1-11H3,(H,70,77)(H,71,82)(H3,68,69,81)/b20-14+,35-16+/t37?,38-,39+,45+,47+,50+,51-,52+,55+,62+,63+/m1/s1. The number of carbonyl (C=O) groups excluding carboxylic acids is 9. The third-order valence-corrected chi connectivity index (χ3v) is 18.7. The number of rotatable bonds is 26. The monoisotopic (exact) mass is 1380 g/mol. The summed E-state index contributed by atoms with van der Waals surface area (Å²) in [6.45, 7) is 13.9. The maximum atomic E-state index is 16.2. The number of carbonyl (C=O) groups is 9. The highest BCUT2D eigenvalue weighted by atomic mass is 79.9. The zero-order valence-electron chi connectivity index (χ0n) is 52.0. The molecule has 2 fully saturated rings. The smallest absolute Gasteiger partial charge is 0.409 e. The fourth-order valence-corrected chi connectivity index (χ4v) is 12.8. The van der Waals surface area contributed by atoms with Crippen molar-refractivity contribution < 1.29 is 76.3 Å². The van der Waals surface area contributed by atoms with Crippen molar-refractivity contribution in [1.29, 1.82) is 0 Å². The summed E-state index contributed by atoms with van der Waals surface area (Å²) in [6, 6.07) is 3.94. The number of halogens is 4. The predicted octanol–water partition coefficient (Wildman–Crippen LogP) is 8.44. The molecular formula is C63H86Br2ClFN6O15. The summed E-state index contributed by atoms with van der Waals surface area (Å²) < 4.78 is 45.6. The molecular weight excluding hydrogens is 1290 g/mol. The Morgan fingerprint density at radius 3 is 2.34 bits per heavy atom. The number of alkyl carbamates (subject to hydrolysis) is 1. The van der Waals surface area contributed by atoms with Crippen LogP contribution in [0.2, 0.25) is 5.02 Å². The Hall–Kier alpha value is -5.79. The van der Waals surface area contributed by atoms with Gasteiger partial charge in [0, 0.05) is 75.9 Å². The number of primary amides is 1. The van der Waals surface area contributed by atoms with Crippen molar-refractivity contribution in [2.24, 2.45) is 29.4 Å². The van der Waals surface area contributed by atoms with Crippen molar-refractivity contribution in [1.82, 2.24) is 20.9 Å². The molecule has 0 aliphatic carbocycles. The number of fused-ring (bicyclic) bond motifs is 5. The third kappa shape index (κ3) is 19.6. The first-order valence-corrected chi connectivity index (χ1v) is 32.3. The van der Waals surface area contributed by atoms with Gasteiger partial charge in [0.15, 0.2) is 11.5 Å². The largest absolute Gasteiger partial charge is 0.462 e. The summed E-state index contributed by atoms with van der Waals surface area (Å²) in [5.74, 6) is -7.04. The van der Waals surface area contributed by atoms with Gasteiger partial charge in [-0.15, -0.1) is 0 Å². The minimum Gasteiger partial charge on any atom is -0.462 e. The van der Waals surface area contributed by atoms with Crippen LogP contribution >= 0.6 is 43.5 Å². The SMILES string of the molecule is CO[C@@H]1/C=C/C=C(\C)Cc2cc(C)c(Cl)c(c2)N(C)C(=O)C[C@H](OC(=O)[C@H](C)N(C)C(=O)c2ccc(CC(=O)[C@H](CCCNC(N)=O)NC(=O)[C@@H](CC(=O)CCCCC(C)OC(=O)C(CBr)CBr)C(C)C)cc2F)[C@]2(C)O[C@H]2[C@H](C)[C@@H]2C[C@@]1(O)NC(=O)O2. The van der Waals surface area contributed by atoms with Crippen LogP contribution in [0.5, 0.6) is 0 Å². The van der Waals surface area contributed by atoms with Crippen LogP contribution in [-0.2, 0) is 65.3 Å². The maximum absolute atomic E-state index is 16.2. The van der Waals surface area contributed by atoms with E-state index < -0.39 is 119 Å². The maximum Gasteiger partial charge on any atom is 0.409 e. The van der Waals surface area contributed by atoms with Crippen LogP contribution in [0.25, 0.3) is 0 Å². The lowest BCUT2D eigenvalue weighted by Gasteiger charge is -2.42. The zero-order chi connectivity index (χ0) is 65.5. The summed E-state index contributed by atoms with van der Waals surface area (Å²) in [4.78, 5) is 123. The van der Waals surface area contributed by atoms with Gasteiger partial charge in [0.1, 0.15) is 41.6 Å². The Morgan fingerprint density at radius 2 is 1.70 bits per heavy atom. The fraction of sp³-hybridized carbons (Fsp3) is 0.603. The third-order valence-electron chi connectivity index (χ3n) is 16.7. The molecule has 2 aromatic rings. The quantitative estimate of drug-likeness (QED) is 0.0194. The van der Waals surface area contributed by atoms with E-state index in [-0.39, 0.29) is 80.3 Å². The topological polar surface area (TPSA) is 292 Å². The molecule has 25 heteroatoms. The first kappa shape index (κ1) is 73.0. The van der Waals surface area contributed by atoms with Gasteiger partial charge in [-0.3, -0.25) is 34.1 Å². The van der Waals surface area contributed by atoms with E-state index in [1.807, 2.05) is 26.0 Å². The van der Waals surface area contributed by atoms with Crippen molar-refractivity contribution in [3.63, 3.8) is 0 Å². The molecule has 486 valence electrons. The highest BCUT2D eigenvalue weighted by Crippen LogP contribution is 2.49. The number of urea groups is 1. The van der Waals surface area contributed by atoms with Crippen molar-refractivity contribution in [2.75, 3.05) is 43.3 Å². The molecule has 21 nitrogen and oxygen atoms in total. The van der Waals surface area contributed by atoms with E-state index in [0.717, 1.165) is 22.1 Å². The number of nitrogens with one attached hydrogen (secondary N) is 3. The minimum atomic E-state index is -1.92. The first-order chi connectivity index (χ1) is 41.4. The van der Waals surface area contributed by atoms with Gasteiger partial charge in [-0.05, 0) is 114 Å². The van der Waals surface area contributed by atoms with Gasteiger partial charge in [0.05, 0.1) is 46.9 Å². The second kappa shape index (κ2) is 32.8. The van der Waals surface area contributed by atoms with Crippen LogP contribution in [-0.4, -0.2) is 156 Å². The number of aliphatic hydroxyl groups is 1. The molecule has 6 amide bonds. The molecule has 4 bridgehead atoms. The number of allylic oxidation sites excluding steroid dienone is 3. The van der Waals surface area contributed by atoms with Crippen molar-refractivity contribution >= 4 is 102 Å². The lowest BCUT2D eigenvalue weighted by molar-refractivity contribution is -0.158. The van der Waals surface area contributed by atoms with Gasteiger partial charge in [0.2, 0.25) is 11.8 Å². The molecule has 3 heterocycles. The van der Waals surface area contributed by atoms with Gasteiger partial charge < -0.3 is 55.0 Å². The lowest BCUT2D eigenvalue weighted by Crippen LogP contribution is -2.63. The van der Waals surface area contributed by atoms with Gasteiger partial charge in [-0.25, -0.2) is 18.8 Å². The summed E-state index contributed by atoms with van der Waals surface area (Å²) in [6.07, 6.45) is 1.35. The van der Waals surface area contributed by atoms with Gasteiger partial charge in [0.25, 0.3) is 5.91 Å². The molecule has 11 atom stereocenters. The van der Waals surface area contributed by atoms with E-state index in [9.17, 15) is 48.3 Å². The number of amides is 6. The van der Waals surface area contributed by atoms with Gasteiger partial charge in [-0.1, -0.05) is 100 Å². The van der Waals surface area contributed by atoms with Crippen molar-refractivity contribution in [3.8, 4) is 0 Å². The number of nitrogens with zero attached hydrogens (tertiary/aromatic N) is 2. The van der Waals surface area contributed by atoms with Crippen molar-refractivity contribution in [2.45, 2.75) is 180 Å². The molecule has 0 spiro atoms. The normalized spacial score (nSPS) is 24.5. The number of alkyl halides is 2. The Balaban J connectivity index is 1.31. The van der Waals surface area contributed by atoms with E-state index >= 15 is 4.39 Å². The molecule has 1 unspecified atom stereocenters. The number of epoxide rings is 1. The van der Waals surface area contributed by atoms with E-state index in [2.05, 4.69) is 47.8 Å². The molecule has 6 N–H and O–H groups in total. The molecule has 88 heavy (non-hydrogen) atoms. The van der Waals surface area contributed by atoms with Crippen LogP contribution in [0.4, 0.5) is 19.7 Å². The average Bonchev–Trinajstić information content (AvgIpc) is 1.78. The summed E-state index contributed by atoms with van der Waals surface area (Å²) >= 11 is 13.5. The van der Waals surface area contributed by atoms with Crippen molar-refractivity contribution in [3.05, 3.63) is 87.2 Å². The number of anilines is 1. The Labute approximate surface area is 536 Å². The summed E-state index contributed by atoms with van der Waals surface area (Å²) in [5.41, 5.74) is 4.48. The zero-order valence-corrected chi connectivity index (χ0v) is 55.9. The average molecular weight is 1380 g/mol. The van der Waals surface area contributed by atoms with Crippen LogP contribution in [0.1, 0.15) is 133 Å². The number of hydrogen-bond donors (Lipinski definition) is 5. The number of nitrogens with two attached hydrogens (primary N) is 1. The molecule has 3 aliphatic rings. The number of aryl methyl sites for hydroxylation is 1. The van der Waals surface area contributed by atoms with E-state index in [1.54, 1.807) is 59.9 Å². The Morgan fingerprint density at radius 1 is 1.01 bits per heavy atom. The number of hydrogen-bond acceptors (Lipinski definition) is 15. The van der Waals surface area contributed by atoms with Gasteiger partial charge >= 0.3 is 24.1 Å². The lowest BCUT2D eigenvalue weighted by atomic mass is 9.83. The second-order valence-corrected chi connectivity index (χ2v) is 25.6. The van der Waals surface area contributed by atoms with E-state index in [1.165, 1.54) is 38.1 Å². The van der Waals surface area contributed by atoms with Crippen LogP contribution in [0.15, 0.2) is 54.1 Å². The Bertz CT molecular complexity index is 2950. The summed E-state index contributed by atoms with van der Waals surface area (Å²) in [7, 11) is 4.21. The van der Waals surface area contributed by atoms with E-state index in [4.69, 9.17) is 41.0 Å². The number of benzene rings is 2. The number of Topliss-reactive ketones (excluding diaryl/α,β-unsaturated/α-hetero) is 2. The highest BCUT2D eigenvalue weighted by Gasteiger charge is 2.64. The molecule has 2 aromatic carbocycles. The second-order valence-electron chi connectivity index (χ2n) is 24.0. The number of ether oxygens (including phenoxy) is 5. The van der Waals surface area contributed by atoms with Crippen LogP contribution < -0.4 is 26.6 Å². The van der Waals surface area contributed by atoms with Crippen LogP contribution in [0.3, 0.4) is 0 Å². The minimum absolute atomic E-state index is 0.0534. The molecule has 0 saturated carbocycles. The van der Waals surface area contributed by atoms with E-state index in [0.29, 0.717) is 52.6 Å². The molecule has 3 aliphatic heterocycles. The summed E-state index contributed by atoms with van der Waals surface area (Å²) in [5, 5.41) is 20.9. The number of methoxy groups -OCH3 is 1. The van der Waals surface area contributed by atoms with Crippen LogP contribution in [0, 0.1) is 36.4 Å². The first-order valence-electron chi connectivity index (χ1n) is 29.7. The number of likely N-dealkylation sites (N-methyl/N-ethyl adjacent to an activating group) is 1. The molecule has 2 saturated heterocycles. The number of unbranched alkanes of at least 4 members (excludes halogenated alkanes) is 1. The molecule has 0 aromatic heterocycles. The number of esters is 2. The Kier molecular flexibility index (Phi) is 27.2. The molecule has 0 radical (unpaired) electrons. The van der Waals surface area contributed by atoms with Gasteiger partial charge in [-0.2, -0.15) is 0 Å². The number of ketones is 2. The highest BCUT2D eigenvalue weighted by molar-refractivity contribution is 9.09.